The Morgan fingerprint density at radius 2 is 1.81 bits per heavy atom. The number of amides is 1. The number of aromatic nitrogens is 1. The van der Waals surface area contributed by atoms with Crippen LogP contribution in [0.1, 0.15) is 24.2 Å². The maximum Gasteiger partial charge on any atom is 0.255 e. The van der Waals surface area contributed by atoms with Crippen LogP contribution in [0.3, 0.4) is 0 Å². The van der Waals surface area contributed by atoms with Gasteiger partial charge in [-0.25, -0.2) is 13.8 Å². The molecule has 0 radical (unpaired) electrons. The van der Waals surface area contributed by atoms with Crippen LogP contribution in [0.15, 0.2) is 36.5 Å². The van der Waals surface area contributed by atoms with Crippen molar-refractivity contribution in [1.82, 2.24) is 14.8 Å². The van der Waals surface area contributed by atoms with Crippen molar-refractivity contribution in [3.8, 4) is 11.6 Å². The summed E-state index contributed by atoms with van der Waals surface area (Å²) in [5.74, 6) is -1.66. The molecule has 1 aromatic carbocycles. The van der Waals surface area contributed by atoms with Gasteiger partial charge in [0.05, 0.1) is 5.56 Å². The van der Waals surface area contributed by atoms with E-state index in [0.29, 0.717) is 24.7 Å². The van der Waals surface area contributed by atoms with Crippen molar-refractivity contribution in [2.75, 3.05) is 26.2 Å². The zero-order valence-electron chi connectivity index (χ0n) is 14.8. The lowest BCUT2D eigenvalue weighted by Gasteiger charge is -2.36. The molecule has 0 aliphatic carbocycles. The Kier molecular flexibility index (Phi) is 5.46. The number of piperazine rings is 1. The van der Waals surface area contributed by atoms with E-state index in [9.17, 15) is 13.6 Å². The van der Waals surface area contributed by atoms with Gasteiger partial charge in [-0.3, -0.25) is 9.69 Å². The van der Waals surface area contributed by atoms with E-state index in [1.807, 2.05) is 4.90 Å². The Hall–Kier alpha value is -2.54. The minimum Gasteiger partial charge on any atom is -0.439 e. The summed E-state index contributed by atoms with van der Waals surface area (Å²) in [6.07, 6.45) is 1.44. The predicted molar refractivity (Wildman–Crippen MR) is 93.3 cm³/mol. The molecule has 7 heteroatoms. The molecule has 0 N–H and O–H groups in total. The molecule has 2 aromatic rings. The standard InChI is InChI=1S/C19H21F2N3O2/c1-13(2)23-7-9-24(10-8-23)19(25)14-3-6-18(22-12-14)26-15-4-5-16(20)17(21)11-15/h3-6,11-13H,7-10H2,1-2H3. The van der Waals surface area contributed by atoms with Crippen molar-refractivity contribution in [1.29, 1.82) is 0 Å². The highest BCUT2D eigenvalue weighted by Crippen LogP contribution is 2.22. The second-order valence-corrected chi connectivity index (χ2v) is 6.49. The lowest BCUT2D eigenvalue weighted by molar-refractivity contribution is 0.0595. The summed E-state index contributed by atoms with van der Waals surface area (Å²) in [5.41, 5.74) is 0.473. The van der Waals surface area contributed by atoms with Gasteiger partial charge in [0.2, 0.25) is 5.88 Å². The molecule has 0 atom stereocenters. The van der Waals surface area contributed by atoms with E-state index in [0.717, 1.165) is 25.2 Å². The average Bonchev–Trinajstić information content (AvgIpc) is 2.65. The third-order valence-corrected chi connectivity index (χ3v) is 4.43. The largest absolute Gasteiger partial charge is 0.439 e. The average molecular weight is 361 g/mol. The Bertz CT molecular complexity index is 773. The second-order valence-electron chi connectivity index (χ2n) is 6.49. The van der Waals surface area contributed by atoms with Crippen LogP contribution in [0.25, 0.3) is 0 Å². The van der Waals surface area contributed by atoms with Gasteiger partial charge in [0, 0.05) is 50.6 Å². The van der Waals surface area contributed by atoms with Gasteiger partial charge in [-0.05, 0) is 32.0 Å². The Morgan fingerprint density at radius 1 is 1.08 bits per heavy atom. The van der Waals surface area contributed by atoms with E-state index < -0.39 is 11.6 Å². The Balaban J connectivity index is 1.62. The lowest BCUT2D eigenvalue weighted by atomic mass is 10.2. The molecular formula is C19H21F2N3O2. The van der Waals surface area contributed by atoms with Gasteiger partial charge in [0.1, 0.15) is 5.75 Å². The first-order valence-electron chi connectivity index (χ1n) is 8.56. The highest BCUT2D eigenvalue weighted by Gasteiger charge is 2.23. The number of carbonyl (C=O) groups is 1. The summed E-state index contributed by atoms with van der Waals surface area (Å²) in [6, 6.07) is 6.89. The molecule has 1 fully saturated rings. The van der Waals surface area contributed by atoms with Crippen LogP contribution in [0.2, 0.25) is 0 Å². The number of hydrogen-bond donors (Lipinski definition) is 0. The zero-order chi connectivity index (χ0) is 18.7. The summed E-state index contributed by atoms with van der Waals surface area (Å²) in [6.45, 7) is 7.37. The maximum atomic E-state index is 13.2. The first-order chi connectivity index (χ1) is 12.4. The molecule has 1 aliphatic heterocycles. The van der Waals surface area contributed by atoms with E-state index >= 15 is 0 Å². The smallest absolute Gasteiger partial charge is 0.255 e. The fourth-order valence-corrected chi connectivity index (χ4v) is 2.85. The maximum absolute atomic E-state index is 13.2. The van der Waals surface area contributed by atoms with Gasteiger partial charge in [-0.2, -0.15) is 0 Å². The third kappa shape index (κ3) is 4.16. The normalized spacial score (nSPS) is 15.3. The molecule has 1 amide bonds. The summed E-state index contributed by atoms with van der Waals surface area (Å²) in [5, 5.41) is 0. The summed E-state index contributed by atoms with van der Waals surface area (Å²) in [4.78, 5) is 20.8. The van der Waals surface area contributed by atoms with E-state index in [-0.39, 0.29) is 17.5 Å². The number of nitrogens with zero attached hydrogens (tertiary/aromatic N) is 3. The Morgan fingerprint density at radius 3 is 2.38 bits per heavy atom. The number of ether oxygens (including phenoxy) is 1. The number of rotatable bonds is 4. The Labute approximate surface area is 151 Å². The number of carbonyl (C=O) groups excluding carboxylic acids is 1. The third-order valence-electron chi connectivity index (χ3n) is 4.43. The molecular weight excluding hydrogens is 340 g/mol. The minimum absolute atomic E-state index is 0.0692. The van der Waals surface area contributed by atoms with Gasteiger partial charge in [0.25, 0.3) is 5.91 Å². The van der Waals surface area contributed by atoms with Crippen molar-refractivity contribution < 1.29 is 18.3 Å². The van der Waals surface area contributed by atoms with Crippen molar-refractivity contribution >= 4 is 5.91 Å². The van der Waals surface area contributed by atoms with Crippen molar-refractivity contribution in [2.24, 2.45) is 0 Å². The van der Waals surface area contributed by atoms with Crippen LogP contribution >= 0.6 is 0 Å². The summed E-state index contributed by atoms with van der Waals surface area (Å²) < 4.78 is 31.5. The monoisotopic (exact) mass is 361 g/mol. The first-order valence-corrected chi connectivity index (χ1v) is 8.56. The van der Waals surface area contributed by atoms with Gasteiger partial charge < -0.3 is 9.64 Å². The molecule has 26 heavy (non-hydrogen) atoms. The van der Waals surface area contributed by atoms with Crippen LogP contribution in [0, 0.1) is 11.6 Å². The number of halogens is 2. The molecule has 1 saturated heterocycles. The van der Waals surface area contributed by atoms with E-state index in [2.05, 4.69) is 23.7 Å². The van der Waals surface area contributed by atoms with Crippen LogP contribution < -0.4 is 4.74 Å². The van der Waals surface area contributed by atoms with Crippen LogP contribution in [-0.4, -0.2) is 52.9 Å². The zero-order valence-corrected chi connectivity index (χ0v) is 14.8. The topological polar surface area (TPSA) is 45.7 Å². The lowest BCUT2D eigenvalue weighted by Crippen LogP contribution is -2.50. The van der Waals surface area contributed by atoms with Gasteiger partial charge in [-0.1, -0.05) is 0 Å². The molecule has 3 rings (SSSR count). The number of pyridine rings is 1. The fourth-order valence-electron chi connectivity index (χ4n) is 2.85. The number of hydrogen-bond acceptors (Lipinski definition) is 4. The van der Waals surface area contributed by atoms with E-state index in [1.165, 1.54) is 12.3 Å². The predicted octanol–water partition coefficient (Wildman–Crippen LogP) is 3.32. The van der Waals surface area contributed by atoms with E-state index in [4.69, 9.17) is 4.74 Å². The SMILES string of the molecule is CC(C)N1CCN(C(=O)c2ccc(Oc3ccc(F)c(F)c3)nc2)CC1. The fraction of sp³-hybridized carbons (Fsp3) is 0.368. The van der Waals surface area contributed by atoms with Crippen molar-refractivity contribution in [3.05, 3.63) is 53.7 Å². The van der Waals surface area contributed by atoms with Crippen LogP contribution in [-0.2, 0) is 0 Å². The molecule has 0 unspecified atom stereocenters. The molecule has 1 aromatic heterocycles. The highest BCUT2D eigenvalue weighted by molar-refractivity contribution is 5.94. The summed E-state index contributed by atoms with van der Waals surface area (Å²) >= 11 is 0. The van der Waals surface area contributed by atoms with Gasteiger partial charge >= 0.3 is 0 Å². The first kappa shape index (κ1) is 18.3. The van der Waals surface area contributed by atoms with Crippen molar-refractivity contribution in [2.45, 2.75) is 19.9 Å². The molecule has 2 heterocycles. The molecule has 138 valence electrons. The highest BCUT2D eigenvalue weighted by atomic mass is 19.2. The van der Waals surface area contributed by atoms with E-state index in [1.54, 1.807) is 12.1 Å². The molecule has 0 spiro atoms. The van der Waals surface area contributed by atoms with Gasteiger partial charge in [-0.15, -0.1) is 0 Å². The summed E-state index contributed by atoms with van der Waals surface area (Å²) in [7, 11) is 0. The molecule has 1 aliphatic rings. The molecule has 0 saturated carbocycles. The van der Waals surface area contributed by atoms with Crippen molar-refractivity contribution in [3.63, 3.8) is 0 Å². The van der Waals surface area contributed by atoms with Crippen LogP contribution in [0.4, 0.5) is 8.78 Å². The second kappa shape index (κ2) is 7.78. The molecule has 5 nitrogen and oxygen atoms in total. The minimum atomic E-state index is -0.991. The van der Waals surface area contributed by atoms with Crippen LogP contribution in [0.5, 0.6) is 11.6 Å². The quantitative estimate of drug-likeness (QED) is 0.838. The molecule has 0 bridgehead atoms. The van der Waals surface area contributed by atoms with Gasteiger partial charge in [0.15, 0.2) is 11.6 Å². The number of benzene rings is 1.